The van der Waals surface area contributed by atoms with Crippen LogP contribution in [0.3, 0.4) is 0 Å². The largest absolute Gasteiger partial charge is 0.493 e. The SMILES string of the molecule is COc1cc(C(=O)NCCc2cnc[nH]2)cc(OC)c1OC. The maximum absolute atomic E-state index is 12.2. The topological polar surface area (TPSA) is 85.5 Å². The van der Waals surface area contributed by atoms with Crippen molar-refractivity contribution in [3.05, 3.63) is 35.9 Å². The highest BCUT2D eigenvalue weighted by Crippen LogP contribution is 2.38. The number of H-pyrrole nitrogens is 1. The Bertz CT molecular complexity index is 601. The van der Waals surface area contributed by atoms with Gasteiger partial charge >= 0.3 is 0 Å². The summed E-state index contributed by atoms with van der Waals surface area (Å²) < 4.78 is 15.7. The van der Waals surface area contributed by atoms with Crippen LogP contribution in [0.25, 0.3) is 0 Å². The van der Waals surface area contributed by atoms with Crippen molar-refractivity contribution >= 4 is 5.91 Å². The van der Waals surface area contributed by atoms with Gasteiger partial charge in [-0.2, -0.15) is 0 Å². The number of ether oxygens (including phenoxy) is 3. The molecule has 7 heteroatoms. The summed E-state index contributed by atoms with van der Waals surface area (Å²) in [5, 5.41) is 2.84. The van der Waals surface area contributed by atoms with Crippen LogP contribution in [0.5, 0.6) is 17.2 Å². The monoisotopic (exact) mass is 305 g/mol. The summed E-state index contributed by atoms with van der Waals surface area (Å²) in [6, 6.07) is 3.24. The number of carbonyl (C=O) groups excluding carboxylic acids is 1. The molecule has 1 aromatic heterocycles. The van der Waals surface area contributed by atoms with Crippen molar-refractivity contribution in [3.8, 4) is 17.2 Å². The van der Waals surface area contributed by atoms with Gasteiger partial charge in [0.2, 0.25) is 5.75 Å². The highest BCUT2D eigenvalue weighted by Gasteiger charge is 2.16. The first kappa shape index (κ1) is 15.7. The summed E-state index contributed by atoms with van der Waals surface area (Å²) in [6.07, 6.45) is 4.01. The van der Waals surface area contributed by atoms with Gasteiger partial charge in [-0.3, -0.25) is 4.79 Å². The number of amides is 1. The lowest BCUT2D eigenvalue weighted by Crippen LogP contribution is -2.25. The van der Waals surface area contributed by atoms with Crippen molar-refractivity contribution in [2.24, 2.45) is 0 Å². The third kappa shape index (κ3) is 3.49. The lowest BCUT2D eigenvalue weighted by atomic mass is 10.1. The van der Waals surface area contributed by atoms with Crippen molar-refractivity contribution in [2.75, 3.05) is 27.9 Å². The number of rotatable bonds is 7. The first-order chi connectivity index (χ1) is 10.7. The molecule has 0 bridgehead atoms. The third-order valence-corrected chi connectivity index (χ3v) is 3.16. The molecule has 0 spiro atoms. The molecule has 0 aliphatic carbocycles. The molecule has 2 aromatic rings. The Morgan fingerprint density at radius 1 is 1.18 bits per heavy atom. The molecule has 0 radical (unpaired) electrons. The van der Waals surface area contributed by atoms with Crippen molar-refractivity contribution in [2.45, 2.75) is 6.42 Å². The van der Waals surface area contributed by atoms with Crippen LogP contribution in [0, 0.1) is 0 Å². The first-order valence-corrected chi connectivity index (χ1v) is 6.75. The van der Waals surface area contributed by atoms with Crippen LogP contribution in [0.15, 0.2) is 24.7 Å². The molecule has 0 unspecified atom stereocenters. The minimum absolute atomic E-state index is 0.209. The predicted octanol–water partition coefficient (Wildman–Crippen LogP) is 1.41. The number of nitrogens with one attached hydrogen (secondary N) is 2. The van der Waals surface area contributed by atoms with E-state index in [1.54, 1.807) is 24.7 Å². The molecule has 1 heterocycles. The summed E-state index contributed by atoms with van der Waals surface area (Å²) in [6.45, 7) is 0.498. The molecule has 0 fully saturated rings. The van der Waals surface area contributed by atoms with Gasteiger partial charge in [-0.1, -0.05) is 0 Å². The van der Waals surface area contributed by atoms with Gasteiger partial charge in [0.1, 0.15) is 0 Å². The number of hydrogen-bond donors (Lipinski definition) is 2. The van der Waals surface area contributed by atoms with E-state index in [9.17, 15) is 4.79 Å². The molecule has 1 amide bonds. The van der Waals surface area contributed by atoms with Crippen molar-refractivity contribution < 1.29 is 19.0 Å². The van der Waals surface area contributed by atoms with E-state index in [0.29, 0.717) is 35.8 Å². The van der Waals surface area contributed by atoms with E-state index >= 15 is 0 Å². The van der Waals surface area contributed by atoms with Gasteiger partial charge in [-0.15, -0.1) is 0 Å². The molecule has 0 aliphatic heterocycles. The summed E-state index contributed by atoms with van der Waals surface area (Å²) >= 11 is 0. The maximum atomic E-state index is 12.2. The molecule has 2 rings (SSSR count). The Balaban J connectivity index is 2.08. The highest BCUT2D eigenvalue weighted by molar-refractivity contribution is 5.95. The smallest absolute Gasteiger partial charge is 0.251 e. The van der Waals surface area contributed by atoms with E-state index < -0.39 is 0 Å². The second-order valence-corrected chi connectivity index (χ2v) is 4.50. The molecule has 1 aromatic carbocycles. The molecule has 0 saturated carbocycles. The van der Waals surface area contributed by atoms with Crippen LogP contribution in [0.4, 0.5) is 0 Å². The van der Waals surface area contributed by atoms with Gasteiger partial charge in [-0.25, -0.2) is 4.98 Å². The number of benzene rings is 1. The maximum Gasteiger partial charge on any atom is 0.251 e. The Kier molecular flexibility index (Phi) is 5.24. The number of nitrogens with zero attached hydrogens (tertiary/aromatic N) is 1. The van der Waals surface area contributed by atoms with Crippen molar-refractivity contribution in [1.82, 2.24) is 15.3 Å². The summed E-state index contributed by atoms with van der Waals surface area (Å²) in [7, 11) is 4.54. The average molecular weight is 305 g/mol. The second-order valence-electron chi connectivity index (χ2n) is 4.50. The van der Waals surface area contributed by atoms with Gasteiger partial charge in [-0.05, 0) is 12.1 Å². The zero-order valence-electron chi connectivity index (χ0n) is 12.8. The van der Waals surface area contributed by atoms with E-state index in [1.165, 1.54) is 21.3 Å². The highest BCUT2D eigenvalue weighted by atomic mass is 16.5. The molecule has 0 aliphatic rings. The molecule has 0 atom stereocenters. The van der Waals surface area contributed by atoms with Crippen LogP contribution in [0.2, 0.25) is 0 Å². The molecule has 0 saturated heterocycles. The van der Waals surface area contributed by atoms with Gasteiger partial charge in [0.15, 0.2) is 11.5 Å². The van der Waals surface area contributed by atoms with Crippen LogP contribution < -0.4 is 19.5 Å². The lowest BCUT2D eigenvalue weighted by molar-refractivity contribution is 0.0953. The first-order valence-electron chi connectivity index (χ1n) is 6.75. The molecule has 118 valence electrons. The number of aromatic nitrogens is 2. The van der Waals surface area contributed by atoms with E-state index in [0.717, 1.165) is 5.69 Å². The van der Waals surface area contributed by atoms with Crippen LogP contribution in [-0.4, -0.2) is 43.7 Å². The summed E-state index contributed by atoms with van der Waals surface area (Å²) in [4.78, 5) is 19.1. The van der Waals surface area contributed by atoms with Gasteiger partial charge in [0.05, 0.1) is 27.7 Å². The van der Waals surface area contributed by atoms with E-state index in [1.807, 2.05) is 0 Å². The Morgan fingerprint density at radius 2 is 1.86 bits per heavy atom. The average Bonchev–Trinajstić information content (AvgIpc) is 3.06. The van der Waals surface area contributed by atoms with E-state index in [4.69, 9.17) is 14.2 Å². The number of carbonyl (C=O) groups is 1. The van der Waals surface area contributed by atoms with Gasteiger partial charge in [0.25, 0.3) is 5.91 Å². The fraction of sp³-hybridized carbons (Fsp3) is 0.333. The second kappa shape index (κ2) is 7.35. The Labute approximate surface area is 128 Å². The molecular formula is C15H19N3O4. The van der Waals surface area contributed by atoms with Crippen LogP contribution >= 0.6 is 0 Å². The van der Waals surface area contributed by atoms with Crippen molar-refractivity contribution in [1.29, 1.82) is 0 Å². The molecule has 22 heavy (non-hydrogen) atoms. The van der Waals surface area contributed by atoms with Crippen LogP contribution in [-0.2, 0) is 6.42 Å². The van der Waals surface area contributed by atoms with Gasteiger partial charge < -0.3 is 24.5 Å². The molecule has 7 nitrogen and oxygen atoms in total. The van der Waals surface area contributed by atoms with E-state index in [2.05, 4.69) is 15.3 Å². The molecule has 2 N–H and O–H groups in total. The normalized spacial score (nSPS) is 10.1. The fourth-order valence-electron chi connectivity index (χ4n) is 2.05. The fourth-order valence-corrected chi connectivity index (χ4v) is 2.05. The number of hydrogen-bond acceptors (Lipinski definition) is 5. The predicted molar refractivity (Wildman–Crippen MR) is 80.7 cm³/mol. The number of aromatic amines is 1. The van der Waals surface area contributed by atoms with Gasteiger partial charge in [0, 0.05) is 30.4 Å². The third-order valence-electron chi connectivity index (χ3n) is 3.16. The number of methoxy groups -OCH3 is 3. The lowest BCUT2D eigenvalue weighted by Gasteiger charge is -2.14. The number of imidazole rings is 1. The molecular weight excluding hydrogens is 286 g/mol. The van der Waals surface area contributed by atoms with Crippen LogP contribution in [0.1, 0.15) is 16.1 Å². The van der Waals surface area contributed by atoms with Crippen molar-refractivity contribution in [3.63, 3.8) is 0 Å². The standard InChI is InChI=1S/C15H19N3O4/c1-20-12-6-10(7-13(21-2)14(12)22-3)15(19)17-5-4-11-8-16-9-18-11/h6-9H,4-5H2,1-3H3,(H,16,18)(H,17,19). The Hall–Kier alpha value is -2.70. The summed E-state index contributed by atoms with van der Waals surface area (Å²) in [5.74, 6) is 1.14. The van der Waals surface area contributed by atoms with E-state index in [-0.39, 0.29) is 5.91 Å². The summed E-state index contributed by atoms with van der Waals surface area (Å²) in [5.41, 5.74) is 1.41. The minimum atomic E-state index is -0.209. The Morgan fingerprint density at radius 3 is 2.36 bits per heavy atom. The zero-order valence-corrected chi connectivity index (χ0v) is 12.8. The quantitative estimate of drug-likeness (QED) is 0.808. The zero-order chi connectivity index (χ0) is 15.9. The minimum Gasteiger partial charge on any atom is -0.493 e.